The molecule has 0 heterocycles. The summed E-state index contributed by atoms with van der Waals surface area (Å²) in [7, 11) is 1.72. The van der Waals surface area contributed by atoms with Gasteiger partial charge in [-0.25, -0.2) is 0 Å². The van der Waals surface area contributed by atoms with E-state index in [0.717, 1.165) is 37.9 Å². The Bertz CT molecular complexity index is 802. The van der Waals surface area contributed by atoms with Crippen molar-refractivity contribution in [1.29, 1.82) is 0 Å². The van der Waals surface area contributed by atoms with Crippen molar-refractivity contribution in [3.63, 3.8) is 0 Å². The van der Waals surface area contributed by atoms with Gasteiger partial charge in [0.05, 0.1) is 13.7 Å². The van der Waals surface area contributed by atoms with Crippen LogP contribution in [0.25, 0.3) is 0 Å². The van der Waals surface area contributed by atoms with Gasteiger partial charge in [0.2, 0.25) is 0 Å². The minimum absolute atomic E-state index is 0.0539. The average molecular weight is 401 g/mol. The molecule has 0 spiro atoms. The second-order valence-corrected chi connectivity index (χ2v) is 9.35. The molecule has 0 aliphatic heterocycles. The van der Waals surface area contributed by atoms with Crippen molar-refractivity contribution in [1.82, 2.24) is 0 Å². The molecular formula is C24H32O5. The van der Waals surface area contributed by atoms with Crippen molar-refractivity contribution in [3.05, 3.63) is 29.3 Å². The molecule has 0 saturated heterocycles. The summed E-state index contributed by atoms with van der Waals surface area (Å²) in [6.45, 7) is 5.55. The fourth-order valence-corrected chi connectivity index (χ4v) is 6.61. The van der Waals surface area contributed by atoms with E-state index < -0.39 is 0 Å². The number of ether oxygens (including phenoxy) is 3. The summed E-state index contributed by atoms with van der Waals surface area (Å²) in [4.78, 5) is 23.3. The molecule has 1 aromatic carbocycles. The molecule has 0 radical (unpaired) electrons. The van der Waals surface area contributed by atoms with E-state index in [2.05, 4.69) is 25.1 Å². The maximum absolute atomic E-state index is 11.9. The zero-order valence-corrected chi connectivity index (χ0v) is 17.9. The molecule has 29 heavy (non-hydrogen) atoms. The topological polar surface area (TPSA) is 61.8 Å². The number of carbonyl (C=O) groups is 2. The fraction of sp³-hybridized carbons (Fsp3) is 0.667. The highest BCUT2D eigenvalue weighted by molar-refractivity contribution is 5.66. The molecular weight excluding hydrogens is 368 g/mol. The molecule has 0 amide bonds. The third kappa shape index (κ3) is 3.53. The van der Waals surface area contributed by atoms with Gasteiger partial charge < -0.3 is 14.2 Å². The molecule has 4 rings (SSSR count). The van der Waals surface area contributed by atoms with Crippen molar-refractivity contribution in [3.8, 4) is 5.75 Å². The molecule has 3 aliphatic carbocycles. The fourth-order valence-electron chi connectivity index (χ4n) is 6.61. The molecule has 0 N–H and O–H groups in total. The minimum atomic E-state index is -0.273. The van der Waals surface area contributed by atoms with Crippen LogP contribution in [-0.2, 0) is 25.5 Å². The van der Waals surface area contributed by atoms with Crippen LogP contribution < -0.4 is 4.74 Å². The summed E-state index contributed by atoms with van der Waals surface area (Å²) in [6, 6.07) is 6.52. The van der Waals surface area contributed by atoms with Gasteiger partial charge in [-0.15, -0.1) is 0 Å². The summed E-state index contributed by atoms with van der Waals surface area (Å²) >= 11 is 0. The lowest BCUT2D eigenvalue weighted by Crippen LogP contribution is -2.46. The van der Waals surface area contributed by atoms with Crippen LogP contribution in [0.2, 0.25) is 0 Å². The highest BCUT2D eigenvalue weighted by atomic mass is 16.6. The molecule has 0 aromatic heterocycles. The lowest BCUT2D eigenvalue weighted by Gasteiger charge is -2.50. The number of fused-ring (bicyclic) bond motifs is 5. The van der Waals surface area contributed by atoms with Gasteiger partial charge in [-0.3, -0.25) is 9.59 Å². The van der Waals surface area contributed by atoms with E-state index >= 15 is 0 Å². The Morgan fingerprint density at radius 2 is 1.97 bits per heavy atom. The molecule has 5 nitrogen and oxygen atoms in total. The maximum atomic E-state index is 11.9. The van der Waals surface area contributed by atoms with E-state index in [9.17, 15) is 9.59 Å². The quantitative estimate of drug-likeness (QED) is 0.706. The van der Waals surface area contributed by atoms with Crippen LogP contribution in [0.1, 0.15) is 63.5 Å². The molecule has 1 aromatic rings. The highest BCUT2D eigenvalue weighted by Gasteiger charge is 2.59. The largest absolute Gasteiger partial charge is 0.497 e. The smallest absolute Gasteiger partial charge is 0.302 e. The summed E-state index contributed by atoms with van der Waals surface area (Å²) < 4.78 is 16.6. The predicted molar refractivity (Wildman–Crippen MR) is 109 cm³/mol. The second kappa shape index (κ2) is 7.66. The van der Waals surface area contributed by atoms with Crippen LogP contribution in [-0.4, -0.2) is 31.8 Å². The highest BCUT2D eigenvalue weighted by Crippen LogP contribution is 2.63. The SMILES string of the molecule is COc1ccc2c(c1)CC[C@@H]1[C@@H]2CC[C@]2(C)[C@H](OC(C)=O)[C@H](COC(C)=O)C[C@@H]12. The number of benzene rings is 1. The molecule has 3 aliphatic rings. The Morgan fingerprint density at radius 1 is 1.17 bits per heavy atom. The van der Waals surface area contributed by atoms with Crippen molar-refractivity contribution in [2.75, 3.05) is 13.7 Å². The van der Waals surface area contributed by atoms with Crippen LogP contribution in [0.15, 0.2) is 18.2 Å². The number of hydrogen-bond acceptors (Lipinski definition) is 5. The number of methoxy groups -OCH3 is 1. The van der Waals surface area contributed by atoms with E-state index in [1.165, 1.54) is 25.0 Å². The summed E-state index contributed by atoms with van der Waals surface area (Å²) in [6.07, 6.45) is 5.12. The minimum Gasteiger partial charge on any atom is -0.497 e. The number of carbonyl (C=O) groups excluding carboxylic acids is 2. The number of hydrogen-bond donors (Lipinski definition) is 0. The first-order valence-electron chi connectivity index (χ1n) is 10.8. The normalized spacial score (nSPS) is 35.1. The van der Waals surface area contributed by atoms with Crippen molar-refractivity contribution in [2.24, 2.45) is 23.2 Å². The number of aryl methyl sites for hydroxylation is 1. The Balaban J connectivity index is 1.62. The van der Waals surface area contributed by atoms with Crippen LogP contribution >= 0.6 is 0 Å². The first kappa shape index (κ1) is 20.2. The molecule has 0 bridgehead atoms. The lowest BCUT2D eigenvalue weighted by molar-refractivity contribution is -0.160. The van der Waals surface area contributed by atoms with Gasteiger partial charge in [0.25, 0.3) is 0 Å². The average Bonchev–Trinajstić information content (AvgIpc) is 2.97. The predicted octanol–water partition coefficient (Wildman–Crippen LogP) is 4.27. The first-order chi connectivity index (χ1) is 13.8. The van der Waals surface area contributed by atoms with Crippen molar-refractivity contribution >= 4 is 11.9 Å². The van der Waals surface area contributed by atoms with Gasteiger partial charge in [-0.2, -0.15) is 0 Å². The van der Waals surface area contributed by atoms with Gasteiger partial charge in [-0.1, -0.05) is 13.0 Å². The maximum Gasteiger partial charge on any atom is 0.302 e. The monoisotopic (exact) mass is 400 g/mol. The second-order valence-electron chi connectivity index (χ2n) is 9.35. The van der Waals surface area contributed by atoms with Crippen LogP contribution in [0.5, 0.6) is 5.75 Å². The third-order valence-electron chi connectivity index (χ3n) is 7.80. The Kier molecular flexibility index (Phi) is 5.34. The van der Waals surface area contributed by atoms with E-state index in [4.69, 9.17) is 14.2 Å². The number of rotatable bonds is 4. The van der Waals surface area contributed by atoms with E-state index in [0.29, 0.717) is 24.4 Å². The summed E-state index contributed by atoms with van der Waals surface area (Å²) in [5.41, 5.74) is 2.83. The standard InChI is InChI=1S/C24H32O5/c1-14(25)28-13-17-12-22-21-7-5-16-11-18(27-4)6-8-19(16)20(21)9-10-24(22,3)23(17)29-15(2)26/h6,8,11,17,20-23H,5,7,9-10,12-13H2,1-4H3/t17-,20+,21+,22-,23+,24-/m0/s1. The Hall–Kier alpha value is -2.04. The molecule has 2 fully saturated rings. The zero-order chi connectivity index (χ0) is 20.8. The van der Waals surface area contributed by atoms with Gasteiger partial charge in [0.1, 0.15) is 11.9 Å². The Labute approximate surface area is 173 Å². The van der Waals surface area contributed by atoms with Gasteiger partial charge >= 0.3 is 11.9 Å². The molecule has 158 valence electrons. The van der Waals surface area contributed by atoms with Gasteiger partial charge in [-0.05, 0) is 73.1 Å². The third-order valence-corrected chi connectivity index (χ3v) is 7.80. The van der Waals surface area contributed by atoms with Gasteiger partial charge in [0.15, 0.2) is 0 Å². The zero-order valence-electron chi connectivity index (χ0n) is 17.9. The number of esters is 2. The molecule has 0 unspecified atom stereocenters. The van der Waals surface area contributed by atoms with Crippen LogP contribution in [0.3, 0.4) is 0 Å². The van der Waals surface area contributed by atoms with E-state index in [1.54, 1.807) is 7.11 Å². The molecule has 2 saturated carbocycles. The van der Waals surface area contributed by atoms with Crippen molar-refractivity contribution in [2.45, 2.75) is 64.9 Å². The lowest BCUT2D eigenvalue weighted by atomic mass is 9.55. The van der Waals surface area contributed by atoms with Crippen LogP contribution in [0, 0.1) is 23.2 Å². The summed E-state index contributed by atoms with van der Waals surface area (Å²) in [5, 5.41) is 0. The Morgan fingerprint density at radius 3 is 2.66 bits per heavy atom. The summed E-state index contributed by atoms with van der Waals surface area (Å²) in [5.74, 6) is 2.09. The van der Waals surface area contributed by atoms with E-state index in [-0.39, 0.29) is 29.4 Å². The molecule has 6 atom stereocenters. The van der Waals surface area contributed by atoms with Crippen molar-refractivity contribution < 1.29 is 23.8 Å². The first-order valence-corrected chi connectivity index (χ1v) is 10.8. The molecule has 5 heteroatoms. The van der Waals surface area contributed by atoms with Crippen LogP contribution in [0.4, 0.5) is 0 Å². The van der Waals surface area contributed by atoms with Gasteiger partial charge in [0, 0.05) is 25.2 Å². The van der Waals surface area contributed by atoms with E-state index in [1.807, 2.05) is 0 Å².